The second-order valence-electron chi connectivity index (χ2n) is 3.78. The highest BCUT2D eigenvalue weighted by atomic mass is 79.9. The van der Waals surface area contributed by atoms with Crippen molar-refractivity contribution in [2.45, 2.75) is 12.8 Å². The summed E-state index contributed by atoms with van der Waals surface area (Å²) in [5.41, 5.74) is 0. The van der Waals surface area contributed by atoms with Gasteiger partial charge in [0.1, 0.15) is 5.82 Å². The van der Waals surface area contributed by atoms with Crippen molar-refractivity contribution in [3.63, 3.8) is 0 Å². The summed E-state index contributed by atoms with van der Waals surface area (Å²) in [6.07, 6.45) is 3.38. The third-order valence-corrected chi connectivity index (χ3v) is 3.19. The van der Waals surface area contributed by atoms with Crippen molar-refractivity contribution in [1.82, 2.24) is 4.98 Å². The molecule has 1 aliphatic heterocycles. The fourth-order valence-corrected chi connectivity index (χ4v) is 2.05. The second-order valence-corrected chi connectivity index (χ2v) is 4.70. The van der Waals surface area contributed by atoms with Crippen LogP contribution in [-0.2, 0) is 0 Å². The summed E-state index contributed by atoms with van der Waals surface area (Å²) in [5, 5.41) is 9.08. The van der Waals surface area contributed by atoms with Crippen molar-refractivity contribution in [1.29, 1.82) is 0 Å². The highest BCUT2D eigenvalue weighted by Gasteiger charge is 2.19. The van der Waals surface area contributed by atoms with Crippen LogP contribution >= 0.6 is 15.9 Å². The lowest BCUT2D eigenvalue weighted by atomic mass is 9.98. The lowest BCUT2D eigenvalue weighted by molar-refractivity contribution is 0.203. The van der Waals surface area contributed by atoms with E-state index >= 15 is 0 Å². The van der Waals surface area contributed by atoms with Crippen molar-refractivity contribution in [3.05, 3.63) is 22.8 Å². The van der Waals surface area contributed by atoms with Crippen LogP contribution in [0.5, 0.6) is 0 Å². The van der Waals surface area contributed by atoms with Crippen molar-refractivity contribution >= 4 is 21.7 Å². The summed E-state index contributed by atoms with van der Waals surface area (Å²) in [5.74, 6) is 1.11. The zero-order valence-corrected chi connectivity index (χ0v) is 10.0. The molecule has 2 rings (SSSR count). The molecule has 1 aromatic rings. The van der Waals surface area contributed by atoms with Crippen molar-refractivity contribution in [3.8, 4) is 0 Å². The molecule has 3 nitrogen and oxygen atoms in total. The fraction of sp³-hybridized carbons (Fsp3) is 0.545. The summed E-state index contributed by atoms with van der Waals surface area (Å²) in [6, 6.07) is 3.81. The van der Waals surface area contributed by atoms with Gasteiger partial charge in [-0.05, 0) is 30.9 Å². The van der Waals surface area contributed by atoms with Crippen LogP contribution in [-0.4, -0.2) is 29.8 Å². The van der Waals surface area contributed by atoms with Gasteiger partial charge < -0.3 is 10.0 Å². The molecule has 2 heterocycles. The predicted octanol–water partition coefficient (Wildman–Crippen LogP) is 2.05. The number of aromatic nitrogens is 1. The minimum Gasteiger partial charge on any atom is -0.396 e. The zero-order valence-electron chi connectivity index (χ0n) is 9.43. The van der Waals surface area contributed by atoms with Gasteiger partial charge in [-0.1, -0.05) is 15.9 Å². The quantitative estimate of drug-likeness (QED) is 0.895. The smallest absolute Gasteiger partial charge is 0.129 e. The third-order valence-electron chi connectivity index (χ3n) is 2.70. The Morgan fingerprint density at radius 2 is 2.53 bits per heavy atom. The van der Waals surface area contributed by atoms with Gasteiger partial charge in [0.25, 0.3) is 0 Å². The molecule has 0 aliphatic carbocycles. The molecular formula is C11H15BrN2O. The molecule has 1 saturated heterocycles. The van der Waals surface area contributed by atoms with Gasteiger partial charge in [-0.2, -0.15) is 0 Å². The second kappa shape index (κ2) is 4.94. The molecule has 1 N–H and O–H groups in total. The third kappa shape index (κ3) is 2.69. The summed E-state index contributed by atoms with van der Waals surface area (Å²) in [7, 11) is 0. The van der Waals surface area contributed by atoms with Gasteiger partial charge in [-0.3, -0.25) is 0 Å². The number of aliphatic hydroxyl groups excluding tert-OH is 1. The van der Waals surface area contributed by atoms with Crippen molar-refractivity contribution < 1.29 is 6.48 Å². The van der Waals surface area contributed by atoms with Gasteiger partial charge in [0.05, 0.1) is 0 Å². The fourth-order valence-electron chi connectivity index (χ4n) is 1.73. The molecule has 0 spiro atoms. The van der Waals surface area contributed by atoms with E-state index in [4.69, 9.17) is 6.48 Å². The molecule has 1 aromatic heterocycles. The van der Waals surface area contributed by atoms with Gasteiger partial charge in [-0.25, -0.2) is 4.98 Å². The Hall–Kier alpha value is -0.610. The summed E-state index contributed by atoms with van der Waals surface area (Å²) >= 11 is 3.41. The van der Waals surface area contributed by atoms with E-state index in [0.29, 0.717) is 6.42 Å². The molecule has 0 radical (unpaired) electrons. The van der Waals surface area contributed by atoms with E-state index in [2.05, 4.69) is 20.9 Å². The van der Waals surface area contributed by atoms with Crippen molar-refractivity contribution in [2.75, 3.05) is 24.6 Å². The highest BCUT2D eigenvalue weighted by Crippen LogP contribution is 2.23. The van der Waals surface area contributed by atoms with E-state index in [9.17, 15) is 0 Å². The molecule has 0 bridgehead atoms. The largest absolute Gasteiger partial charge is 0.396 e. The minimum absolute atomic E-state index is 0.190. The summed E-state index contributed by atoms with van der Waals surface area (Å²) < 4.78 is 9.01. The molecule has 0 aromatic carbocycles. The van der Waals surface area contributed by atoms with Gasteiger partial charge >= 0.3 is 0 Å². The molecule has 0 amide bonds. The number of piperidine rings is 1. The number of pyridine rings is 1. The first-order valence-corrected chi connectivity index (χ1v) is 5.91. The highest BCUT2D eigenvalue weighted by molar-refractivity contribution is 9.10. The monoisotopic (exact) mass is 271 g/mol. The molecule has 0 saturated carbocycles. The molecule has 2 atom stereocenters. The Morgan fingerprint density at radius 1 is 1.67 bits per heavy atom. The maximum atomic E-state index is 9.08. The van der Waals surface area contributed by atoms with Crippen LogP contribution in [0.3, 0.4) is 0 Å². The number of aliphatic hydroxyl groups is 1. The first-order valence-electron chi connectivity index (χ1n) is 5.69. The molecule has 1 aliphatic rings. The Balaban J connectivity index is 2.11. The first-order chi connectivity index (χ1) is 7.70. The van der Waals surface area contributed by atoms with Gasteiger partial charge in [0, 0.05) is 31.7 Å². The average molecular weight is 272 g/mol. The van der Waals surface area contributed by atoms with E-state index in [1.165, 1.54) is 0 Å². The average Bonchev–Trinajstić information content (AvgIpc) is 2.28. The molecule has 82 valence electrons. The molecule has 2 unspecified atom stereocenters. The molecule has 4 heteroatoms. The van der Waals surface area contributed by atoms with E-state index < -0.39 is 0 Å². The van der Waals surface area contributed by atoms with Crippen LogP contribution in [0.25, 0.3) is 0 Å². The minimum atomic E-state index is -0.298. The summed E-state index contributed by atoms with van der Waals surface area (Å²) in [6.45, 7) is 0.686. The van der Waals surface area contributed by atoms with E-state index in [-0.39, 0.29) is 19.0 Å². The molecule has 1 fully saturated rings. The maximum absolute atomic E-state index is 9.08. The molecular weight excluding hydrogens is 256 g/mol. The lowest BCUT2D eigenvalue weighted by Gasteiger charge is -2.31. The normalized spacial score (nSPS) is 27.6. The molecule has 15 heavy (non-hydrogen) atoms. The Bertz CT molecular complexity index is 364. The Morgan fingerprint density at radius 3 is 3.20 bits per heavy atom. The van der Waals surface area contributed by atoms with Gasteiger partial charge in [0.15, 0.2) is 0 Å². The van der Waals surface area contributed by atoms with E-state index in [1.54, 1.807) is 6.20 Å². The van der Waals surface area contributed by atoms with E-state index in [0.717, 1.165) is 23.3 Å². The predicted molar refractivity (Wildman–Crippen MR) is 64.0 cm³/mol. The van der Waals surface area contributed by atoms with Crippen molar-refractivity contribution in [2.24, 2.45) is 5.92 Å². The lowest BCUT2D eigenvalue weighted by Crippen LogP contribution is -2.35. The number of rotatable bonds is 2. The zero-order chi connectivity index (χ0) is 11.5. The van der Waals surface area contributed by atoms with Crippen LogP contribution in [0.4, 0.5) is 5.82 Å². The van der Waals surface area contributed by atoms with Crippen LogP contribution < -0.4 is 4.90 Å². The summed E-state index contributed by atoms with van der Waals surface area (Å²) in [4.78, 5) is 6.26. The van der Waals surface area contributed by atoms with Crippen LogP contribution in [0, 0.1) is 5.92 Å². The van der Waals surface area contributed by atoms with Crippen LogP contribution in [0.15, 0.2) is 22.8 Å². The van der Waals surface area contributed by atoms with Gasteiger partial charge in [-0.15, -0.1) is 0 Å². The number of hydrogen-bond donors (Lipinski definition) is 1. The number of halogens is 1. The number of anilines is 1. The van der Waals surface area contributed by atoms with Gasteiger partial charge in [0.2, 0.25) is 0 Å². The van der Waals surface area contributed by atoms with E-state index in [1.807, 2.05) is 17.0 Å². The Labute approximate surface area is 99.7 Å². The van der Waals surface area contributed by atoms with Crippen LogP contribution in [0.2, 0.25) is 0 Å². The van der Waals surface area contributed by atoms with Crippen LogP contribution in [0.1, 0.15) is 14.2 Å². The SMILES string of the molecule is [2H]C1CC(CO)CCN1c1cc(Br)ccn1. The standard InChI is InChI=1S/C11H15BrN2O/c12-10-1-4-13-11(7-10)14-5-2-9(8-15)3-6-14/h1,4,7,9,15H,2-3,5-6,8H2/i5D. The number of nitrogens with zero attached hydrogens (tertiary/aromatic N) is 2. The number of hydrogen-bond acceptors (Lipinski definition) is 3. The first kappa shape index (κ1) is 9.60. The topological polar surface area (TPSA) is 36.4 Å². The maximum Gasteiger partial charge on any atom is 0.129 e. The Kier molecular flexibility index (Phi) is 3.17.